The van der Waals surface area contributed by atoms with Crippen LogP contribution < -0.4 is 0 Å². The van der Waals surface area contributed by atoms with E-state index in [1.54, 1.807) is 11.5 Å². The fourth-order valence-corrected chi connectivity index (χ4v) is 5.59. The Labute approximate surface area is 183 Å². The molecule has 2 nitrogen and oxygen atoms in total. The molecule has 0 aromatic carbocycles. The number of hydrogen-bond acceptors (Lipinski definition) is 1. The van der Waals surface area contributed by atoms with E-state index < -0.39 is 0 Å². The molecule has 0 radical (unpaired) electrons. The lowest BCUT2D eigenvalue weighted by Crippen LogP contribution is -2.57. The van der Waals surface area contributed by atoms with Gasteiger partial charge in [-0.3, -0.25) is 0 Å². The van der Waals surface area contributed by atoms with Crippen molar-refractivity contribution in [2.45, 2.75) is 138 Å². The summed E-state index contributed by atoms with van der Waals surface area (Å²) in [5.74, 6) is 1.58. The first kappa shape index (κ1) is 26.4. The molecule has 1 unspecified atom stereocenters. The summed E-state index contributed by atoms with van der Waals surface area (Å²) in [5.41, 5.74) is 3.45. The SMILES string of the molecule is CCCCC1=C(CC)[N+](CCCC)(CCCC)C(C(CC)(CCC)CCCC)=N1. The Balaban J connectivity index is 3.60. The summed E-state index contributed by atoms with van der Waals surface area (Å²) in [4.78, 5) is 5.62. The molecule has 0 aromatic rings. The highest BCUT2D eigenvalue weighted by atomic mass is 15.4. The first-order valence-corrected chi connectivity index (χ1v) is 13.2. The average molecular weight is 406 g/mol. The number of quaternary nitrogens is 1. The van der Waals surface area contributed by atoms with Gasteiger partial charge in [-0.05, 0) is 44.9 Å². The van der Waals surface area contributed by atoms with Crippen molar-refractivity contribution in [2.24, 2.45) is 10.4 Å². The fourth-order valence-electron chi connectivity index (χ4n) is 5.59. The molecule has 0 aromatic heterocycles. The van der Waals surface area contributed by atoms with E-state index in [0.717, 1.165) is 4.48 Å². The number of amidine groups is 1. The highest BCUT2D eigenvalue weighted by Crippen LogP contribution is 2.47. The minimum atomic E-state index is 0.292. The predicted molar refractivity (Wildman–Crippen MR) is 131 cm³/mol. The van der Waals surface area contributed by atoms with Crippen LogP contribution in [0.3, 0.4) is 0 Å². The van der Waals surface area contributed by atoms with Crippen LogP contribution >= 0.6 is 0 Å². The van der Waals surface area contributed by atoms with Crippen molar-refractivity contribution in [3.63, 3.8) is 0 Å². The third kappa shape index (κ3) is 6.18. The predicted octanol–water partition coefficient (Wildman–Crippen LogP) is 9.01. The maximum Gasteiger partial charge on any atom is 0.214 e. The van der Waals surface area contributed by atoms with E-state index in [-0.39, 0.29) is 0 Å². The van der Waals surface area contributed by atoms with E-state index in [0.29, 0.717) is 5.41 Å². The average Bonchev–Trinajstić information content (AvgIpc) is 3.06. The molecule has 0 spiro atoms. The van der Waals surface area contributed by atoms with Gasteiger partial charge in [0.05, 0.1) is 18.5 Å². The van der Waals surface area contributed by atoms with Crippen LogP contribution in [0.15, 0.2) is 16.4 Å². The lowest BCUT2D eigenvalue weighted by Gasteiger charge is -2.45. The van der Waals surface area contributed by atoms with Gasteiger partial charge in [-0.25, -0.2) is 4.48 Å². The van der Waals surface area contributed by atoms with E-state index in [1.807, 2.05) is 0 Å². The van der Waals surface area contributed by atoms with Crippen LogP contribution in [0, 0.1) is 5.41 Å². The number of unbranched alkanes of at least 4 members (excludes halogenated alkanes) is 4. The summed E-state index contributed by atoms with van der Waals surface area (Å²) in [6.45, 7) is 19.1. The van der Waals surface area contributed by atoms with Gasteiger partial charge in [0, 0.05) is 6.42 Å². The van der Waals surface area contributed by atoms with Gasteiger partial charge >= 0.3 is 0 Å². The molecule has 0 saturated carbocycles. The third-order valence-electron chi connectivity index (χ3n) is 7.27. The number of nitrogens with zero attached hydrogens (tertiary/aromatic N) is 2. The monoisotopic (exact) mass is 405 g/mol. The van der Waals surface area contributed by atoms with Gasteiger partial charge in [0.25, 0.3) is 0 Å². The second-order valence-corrected chi connectivity index (χ2v) is 9.40. The van der Waals surface area contributed by atoms with E-state index in [1.165, 1.54) is 109 Å². The summed E-state index contributed by atoms with van der Waals surface area (Å²) < 4.78 is 1.13. The molecule has 0 fully saturated rings. The summed E-state index contributed by atoms with van der Waals surface area (Å²) >= 11 is 0. The molecule has 1 aliphatic heterocycles. The van der Waals surface area contributed by atoms with Gasteiger partial charge in [0.2, 0.25) is 5.84 Å². The van der Waals surface area contributed by atoms with Gasteiger partial charge in [0.15, 0.2) is 0 Å². The molecule has 0 amide bonds. The summed E-state index contributed by atoms with van der Waals surface area (Å²) in [6.07, 6.45) is 17.8. The summed E-state index contributed by atoms with van der Waals surface area (Å²) in [5, 5.41) is 0. The number of rotatable bonds is 17. The molecule has 0 aliphatic carbocycles. The van der Waals surface area contributed by atoms with Crippen LogP contribution in [0.4, 0.5) is 0 Å². The minimum absolute atomic E-state index is 0.292. The van der Waals surface area contributed by atoms with Crippen molar-refractivity contribution < 1.29 is 4.48 Å². The van der Waals surface area contributed by atoms with Crippen LogP contribution in [0.2, 0.25) is 0 Å². The zero-order valence-corrected chi connectivity index (χ0v) is 21.2. The van der Waals surface area contributed by atoms with Gasteiger partial charge < -0.3 is 0 Å². The second kappa shape index (κ2) is 13.6. The molecule has 29 heavy (non-hydrogen) atoms. The molecule has 170 valence electrons. The highest BCUT2D eigenvalue weighted by molar-refractivity contribution is 5.86. The maximum atomic E-state index is 5.62. The van der Waals surface area contributed by atoms with Crippen molar-refractivity contribution in [2.75, 3.05) is 13.1 Å². The van der Waals surface area contributed by atoms with Gasteiger partial charge in [-0.2, -0.15) is 4.99 Å². The van der Waals surface area contributed by atoms with Crippen LogP contribution in [-0.2, 0) is 0 Å². The lowest BCUT2D eigenvalue weighted by molar-refractivity contribution is -0.807. The molecule has 0 N–H and O–H groups in total. The van der Waals surface area contributed by atoms with E-state index in [9.17, 15) is 0 Å². The molecule has 1 rings (SSSR count). The van der Waals surface area contributed by atoms with Gasteiger partial charge in [-0.15, -0.1) is 0 Å². The lowest BCUT2D eigenvalue weighted by atomic mass is 9.74. The molecule has 1 aliphatic rings. The molecular weight excluding hydrogens is 352 g/mol. The van der Waals surface area contributed by atoms with Crippen LogP contribution in [0.1, 0.15) is 138 Å². The maximum absolute atomic E-state index is 5.62. The van der Waals surface area contributed by atoms with Gasteiger partial charge in [0.1, 0.15) is 11.4 Å². The Hall–Kier alpha value is -0.630. The Kier molecular flexibility index (Phi) is 12.4. The molecule has 0 saturated heterocycles. The fraction of sp³-hybridized carbons (Fsp3) is 0.889. The second-order valence-electron chi connectivity index (χ2n) is 9.40. The van der Waals surface area contributed by atoms with Crippen molar-refractivity contribution in [3.05, 3.63) is 11.4 Å². The zero-order chi connectivity index (χ0) is 21.8. The quantitative estimate of drug-likeness (QED) is 0.214. The summed E-state index contributed by atoms with van der Waals surface area (Å²) in [6, 6.07) is 0. The Morgan fingerprint density at radius 2 is 1.28 bits per heavy atom. The van der Waals surface area contributed by atoms with E-state index >= 15 is 0 Å². The Morgan fingerprint density at radius 1 is 0.690 bits per heavy atom. The van der Waals surface area contributed by atoms with Crippen molar-refractivity contribution >= 4 is 5.84 Å². The van der Waals surface area contributed by atoms with Crippen LogP contribution in [-0.4, -0.2) is 23.4 Å². The number of aliphatic imine (C=N–C) groups is 1. The zero-order valence-electron chi connectivity index (χ0n) is 21.2. The topological polar surface area (TPSA) is 12.4 Å². The van der Waals surface area contributed by atoms with E-state index in [4.69, 9.17) is 4.99 Å². The standard InChI is InChI=1S/C27H53N2/c1-8-15-19-24-25(13-6)29(22-17-10-3,23-18-11-4)26(28-24)27(14-7,20-12-5)21-16-9-2/h8-23H2,1-7H3/q+1. The number of hydrogen-bond donors (Lipinski definition) is 0. The minimum Gasteiger partial charge on any atom is -0.248 e. The van der Waals surface area contributed by atoms with Gasteiger partial charge in [-0.1, -0.05) is 87.0 Å². The van der Waals surface area contributed by atoms with Crippen LogP contribution in [0.25, 0.3) is 0 Å². The molecular formula is C27H53N2+. The largest absolute Gasteiger partial charge is 0.248 e. The first-order valence-electron chi connectivity index (χ1n) is 13.2. The Morgan fingerprint density at radius 3 is 1.72 bits per heavy atom. The molecule has 0 bridgehead atoms. The number of allylic oxidation sites excluding steroid dienone is 2. The van der Waals surface area contributed by atoms with Crippen molar-refractivity contribution in [1.29, 1.82) is 0 Å². The summed E-state index contributed by atoms with van der Waals surface area (Å²) in [7, 11) is 0. The molecule has 2 heteroatoms. The Bertz CT molecular complexity index is 509. The molecule has 1 heterocycles. The smallest absolute Gasteiger partial charge is 0.214 e. The van der Waals surface area contributed by atoms with Crippen molar-refractivity contribution in [3.8, 4) is 0 Å². The normalized spacial score (nSPS) is 18.2. The molecule has 1 atom stereocenters. The van der Waals surface area contributed by atoms with Crippen molar-refractivity contribution in [1.82, 2.24) is 0 Å². The van der Waals surface area contributed by atoms with E-state index in [2.05, 4.69) is 48.5 Å². The third-order valence-corrected chi connectivity index (χ3v) is 7.27. The highest BCUT2D eigenvalue weighted by Gasteiger charge is 2.52. The first-order chi connectivity index (χ1) is 14.0. The van der Waals surface area contributed by atoms with Crippen LogP contribution in [0.5, 0.6) is 0 Å².